The van der Waals surface area contributed by atoms with Gasteiger partial charge in [0.15, 0.2) is 0 Å². The normalized spacial score (nSPS) is 12.4. The van der Waals surface area contributed by atoms with E-state index in [2.05, 4.69) is 55.6 Å². The third kappa shape index (κ3) is 6.38. The van der Waals surface area contributed by atoms with E-state index >= 15 is 0 Å². The molecular weight excluding hydrogens is 322 g/mol. The van der Waals surface area contributed by atoms with Crippen LogP contribution in [0.4, 0.5) is 0 Å². The van der Waals surface area contributed by atoms with Crippen LogP contribution in [0.3, 0.4) is 0 Å². The molecule has 0 aliphatic heterocycles. The maximum absolute atomic E-state index is 5.69. The lowest BCUT2D eigenvalue weighted by Gasteiger charge is -2.22. The van der Waals surface area contributed by atoms with E-state index < -0.39 is 0 Å². The Labute approximate surface area is 158 Å². The largest absolute Gasteiger partial charge is 0.497 e. The van der Waals surface area contributed by atoms with Gasteiger partial charge in [0.2, 0.25) is 0 Å². The third-order valence-corrected chi connectivity index (χ3v) is 4.61. The highest BCUT2D eigenvalue weighted by atomic mass is 16.5. The van der Waals surface area contributed by atoms with Crippen molar-refractivity contribution in [3.8, 4) is 11.5 Å². The van der Waals surface area contributed by atoms with Gasteiger partial charge in [0.05, 0.1) is 13.2 Å². The highest BCUT2D eigenvalue weighted by Gasteiger charge is 2.15. The monoisotopic (exact) mass is 355 g/mol. The molecule has 0 radical (unpaired) electrons. The zero-order valence-corrected chi connectivity index (χ0v) is 16.8. The molecule has 0 unspecified atom stereocenters. The number of hydrogen-bond donors (Lipinski definition) is 1. The summed E-state index contributed by atoms with van der Waals surface area (Å²) in [5, 5.41) is 3.57. The van der Waals surface area contributed by atoms with Gasteiger partial charge in [-0.1, -0.05) is 38.1 Å². The summed E-state index contributed by atoms with van der Waals surface area (Å²) < 4.78 is 11.0. The number of nitrogens with one attached hydrogen (secondary N) is 1. The van der Waals surface area contributed by atoms with Gasteiger partial charge in [-0.15, -0.1) is 0 Å². The van der Waals surface area contributed by atoms with E-state index in [1.165, 1.54) is 11.1 Å². The summed E-state index contributed by atoms with van der Waals surface area (Å²) in [6.45, 7) is 10.6. The van der Waals surface area contributed by atoms with Crippen molar-refractivity contribution in [2.45, 2.75) is 52.7 Å². The van der Waals surface area contributed by atoms with E-state index in [4.69, 9.17) is 9.47 Å². The van der Waals surface area contributed by atoms with E-state index in [1.54, 1.807) is 7.11 Å². The van der Waals surface area contributed by atoms with Crippen LogP contribution in [0.1, 0.15) is 51.2 Å². The Morgan fingerprint density at radius 3 is 2.00 bits per heavy atom. The topological polar surface area (TPSA) is 30.5 Å². The minimum Gasteiger partial charge on any atom is -0.497 e. The molecule has 0 aliphatic rings. The van der Waals surface area contributed by atoms with Gasteiger partial charge in [-0.2, -0.15) is 0 Å². The number of benzene rings is 2. The quantitative estimate of drug-likeness (QED) is 0.579. The van der Waals surface area contributed by atoms with Crippen LogP contribution in [-0.2, 0) is 6.54 Å². The molecule has 0 heterocycles. The van der Waals surface area contributed by atoms with Gasteiger partial charge >= 0.3 is 0 Å². The zero-order valence-electron chi connectivity index (χ0n) is 16.8. The summed E-state index contributed by atoms with van der Waals surface area (Å²) in [4.78, 5) is 0. The second kappa shape index (κ2) is 10.2. The lowest BCUT2D eigenvalue weighted by Crippen LogP contribution is -2.19. The standard InChI is InChI=1S/C23H33NO2/c1-17(2)23(20-8-12-21(25-5)13-9-20)14-15-24-16-19-6-10-22(11-7-19)26-18(3)4/h6-13,17-18,23-24H,14-16H2,1-5H3/t23-/m1/s1. The molecule has 0 fully saturated rings. The van der Waals surface area contributed by atoms with Gasteiger partial charge in [0.25, 0.3) is 0 Å². The SMILES string of the molecule is COc1ccc([C@H](CCNCc2ccc(OC(C)C)cc2)C(C)C)cc1. The fraction of sp³-hybridized carbons (Fsp3) is 0.478. The summed E-state index contributed by atoms with van der Waals surface area (Å²) in [6.07, 6.45) is 1.34. The van der Waals surface area contributed by atoms with Crippen LogP contribution < -0.4 is 14.8 Å². The first-order valence-corrected chi connectivity index (χ1v) is 9.60. The molecule has 1 N–H and O–H groups in total. The predicted octanol–water partition coefficient (Wildman–Crippen LogP) is 5.40. The zero-order chi connectivity index (χ0) is 18.9. The van der Waals surface area contributed by atoms with E-state index in [1.807, 2.05) is 26.0 Å². The second-order valence-corrected chi connectivity index (χ2v) is 7.40. The molecule has 142 valence electrons. The van der Waals surface area contributed by atoms with Gasteiger partial charge in [-0.25, -0.2) is 0 Å². The summed E-state index contributed by atoms with van der Waals surface area (Å²) in [5.74, 6) is 3.01. The molecule has 0 aromatic heterocycles. The van der Waals surface area contributed by atoms with Crippen LogP contribution in [-0.4, -0.2) is 19.8 Å². The van der Waals surface area contributed by atoms with E-state index in [0.29, 0.717) is 11.8 Å². The van der Waals surface area contributed by atoms with Crippen molar-refractivity contribution in [1.29, 1.82) is 0 Å². The van der Waals surface area contributed by atoms with Crippen LogP contribution in [0.15, 0.2) is 48.5 Å². The van der Waals surface area contributed by atoms with Crippen LogP contribution in [0, 0.1) is 5.92 Å². The van der Waals surface area contributed by atoms with E-state index in [9.17, 15) is 0 Å². The molecule has 3 nitrogen and oxygen atoms in total. The van der Waals surface area contributed by atoms with Crippen LogP contribution in [0.2, 0.25) is 0 Å². The molecular formula is C23H33NO2. The number of ether oxygens (including phenoxy) is 2. The summed E-state index contributed by atoms with van der Waals surface area (Å²) in [7, 11) is 1.71. The third-order valence-electron chi connectivity index (χ3n) is 4.61. The lowest BCUT2D eigenvalue weighted by atomic mass is 9.86. The molecule has 0 saturated carbocycles. The van der Waals surface area contributed by atoms with Crippen molar-refractivity contribution in [3.05, 3.63) is 59.7 Å². The van der Waals surface area contributed by atoms with Gasteiger partial charge in [0.1, 0.15) is 11.5 Å². The Kier molecular flexibility index (Phi) is 7.99. The molecule has 0 saturated heterocycles. The Balaban J connectivity index is 1.82. The minimum atomic E-state index is 0.213. The number of hydrogen-bond acceptors (Lipinski definition) is 3. The maximum Gasteiger partial charge on any atom is 0.119 e. The van der Waals surface area contributed by atoms with Crippen molar-refractivity contribution >= 4 is 0 Å². The second-order valence-electron chi connectivity index (χ2n) is 7.40. The van der Waals surface area contributed by atoms with Crippen molar-refractivity contribution < 1.29 is 9.47 Å². The smallest absolute Gasteiger partial charge is 0.119 e. The first-order chi connectivity index (χ1) is 12.5. The van der Waals surface area contributed by atoms with Gasteiger partial charge in [-0.05, 0) is 74.0 Å². The van der Waals surface area contributed by atoms with Gasteiger partial charge in [-0.3, -0.25) is 0 Å². The van der Waals surface area contributed by atoms with Crippen molar-refractivity contribution in [2.24, 2.45) is 5.92 Å². The fourth-order valence-electron chi connectivity index (χ4n) is 3.18. The van der Waals surface area contributed by atoms with E-state index in [0.717, 1.165) is 31.0 Å². The molecule has 2 rings (SSSR count). The van der Waals surface area contributed by atoms with Crippen LogP contribution in [0.5, 0.6) is 11.5 Å². The Bertz CT molecular complexity index is 632. The lowest BCUT2D eigenvalue weighted by molar-refractivity contribution is 0.242. The van der Waals surface area contributed by atoms with Gasteiger partial charge < -0.3 is 14.8 Å². The molecule has 2 aromatic rings. The molecule has 0 aliphatic carbocycles. The molecule has 2 aromatic carbocycles. The van der Waals surface area contributed by atoms with Crippen molar-refractivity contribution in [1.82, 2.24) is 5.32 Å². The predicted molar refractivity (Wildman–Crippen MR) is 109 cm³/mol. The Hall–Kier alpha value is -2.00. The number of methoxy groups -OCH3 is 1. The van der Waals surface area contributed by atoms with E-state index in [-0.39, 0.29) is 6.10 Å². The average Bonchev–Trinajstić information content (AvgIpc) is 2.62. The Morgan fingerprint density at radius 1 is 0.846 bits per heavy atom. The highest BCUT2D eigenvalue weighted by Crippen LogP contribution is 2.28. The van der Waals surface area contributed by atoms with Crippen LogP contribution in [0.25, 0.3) is 0 Å². The first-order valence-electron chi connectivity index (χ1n) is 9.60. The fourth-order valence-corrected chi connectivity index (χ4v) is 3.18. The maximum atomic E-state index is 5.69. The average molecular weight is 356 g/mol. The highest BCUT2D eigenvalue weighted by molar-refractivity contribution is 5.30. The molecule has 0 spiro atoms. The molecule has 3 heteroatoms. The Morgan fingerprint density at radius 2 is 1.46 bits per heavy atom. The molecule has 0 amide bonds. The summed E-state index contributed by atoms with van der Waals surface area (Å²) in [6, 6.07) is 16.9. The van der Waals surface area contributed by atoms with Crippen molar-refractivity contribution in [3.63, 3.8) is 0 Å². The number of rotatable bonds is 10. The summed E-state index contributed by atoms with van der Waals surface area (Å²) in [5.41, 5.74) is 2.67. The molecule has 0 bridgehead atoms. The summed E-state index contributed by atoms with van der Waals surface area (Å²) >= 11 is 0. The van der Waals surface area contributed by atoms with Crippen LogP contribution >= 0.6 is 0 Å². The molecule has 26 heavy (non-hydrogen) atoms. The first kappa shape index (κ1) is 20.3. The molecule has 1 atom stereocenters. The minimum absolute atomic E-state index is 0.213. The van der Waals surface area contributed by atoms with Gasteiger partial charge in [0, 0.05) is 6.54 Å². The van der Waals surface area contributed by atoms with Crippen molar-refractivity contribution in [2.75, 3.05) is 13.7 Å².